The molecule has 0 heterocycles. The first kappa shape index (κ1) is 20.0. The molecule has 0 aliphatic carbocycles. The summed E-state index contributed by atoms with van der Waals surface area (Å²) < 4.78 is 0. The van der Waals surface area contributed by atoms with Gasteiger partial charge in [0.05, 0.1) is 0 Å². The molecule has 0 radical (unpaired) electrons. The fraction of sp³-hybridized carbons (Fsp3) is 0.556. The maximum absolute atomic E-state index is 12.2. The van der Waals surface area contributed by atoms with Crippen molar-refractivity contribution in [2.45, 2.75) is 46.6 Å². The van der Waals surface area contributed by atoms with E-state index in [1.165, 1.54) is 0 Å². The van der Waals surface area contributed by atoms with Crippen LogP contribution in [-0.2, 0) is 0 Å². The summed E-state index contributed by atoms with van der Waals surface area (Å²) >= 11 is 0. The molecule has 0 unspecified atom stereocenters. The van der Waals surface area contributed by atoms with Gasteiger partial charge in [-0.05, 0) is 58.4 Å². The lowest BCUT2D eigenvalue weighted by molar-refractivity contribution is 0.0954. The quantitative estimate of drug-likeness (QED) is 0.579. The molecule has 4 N–H and O–H groups in total. The molecule has 0 aromatic heterocycles. The Morgan fingerprint density at radius 2 is 1.79 bits per heavy atom. The van der Waals surface area contributed by atoms with Crippen molar-refractivity contribution in [1.29, 1.82) is 0 Å². The summed E-state index contributed by atoms with van der Waals surface area (Å²) in [5.74, 6) is -0.146. The lowest BCUT2D eigenvalue weighted by atomic mass is 10.1. The Labute approximate surface area is 144 Å². The molecule has 0 fully saturated rings. The van der Waals surface area contributed by atoms with E-state index in [9.17, 15) is 9.59 Å². The predicted molar refractivity (Wildman–Crippen MR) is 98.6 cm³/mol. The maximum atomic E-state index is 12.2. The highest BCUT2D eigenvalue weighted by Crippen LogP contribution is 2.17. The number of anilines is 1. The van der Waals surface area contributed by atoms with Gasteiger partial charge in [-0.1, -0.05) is 13.0 Å². The molecule has 134 valence electrons. The SMILES string of the molecule is CCCNCCNC(=O)c1ccc(C)c(NC(=O)NC(C)(C)C)c1. The van der Waals surface area contributed by atoms with Crippen molar-refractivity contribution in [3.05, 3.63) is 29.3 Å². The van der Waals surface area contributed by atoms with Gasteiger partial charge in [0, 0.05) is 29.9 Å². The molecular weight excluding hydrogens is 304 g/mol. The summed E-state index contributed by atoms with van der Waals surface area (Å²) in [5.41, 5.74) is 1.74. The summed E-state index contributed by atoms with van der Waals surface area (Å²) in [6.07, 6.45) is 1.07. The summed E-state index contributed by atoms with van der Waals surface area (Å²) in [7, 11) is 0. The van der Waals surface area contributed by atoms with Gasteiger partial charge in [-0.2, -0.15) is 0 Å². The van der Waals surface area contributed by atoms with Crippen LogP contribution in [0.15, 0.2) is 18.2 Å². The Morgan fingerprint density at radius 1 is 1.08 bits per heavy atom. The van der Waals surface area contributed by atoms with E-state index in [1.54, 1.807) is 12.1 Å². The predicted octanol–water partition coefficient (Wildman–Crippen LogP) is 2.64. The van der Waals surface area contributed by atoms with Crippen molar-refractivity contribution in [2.24, 2.45) is 0 Å². The van der Waals surface area contributed by atoms with Crippen molar-refractivity contribution in [3.63, 3.8) is 0 Å². The molecule has 1 rings (SSSR count). The smallest absolute Gasteiger partial charge is 0.319 e. The lowest BCUT2D eigenvalue weighted by Crippen LogP contribution is -2.43. The monoisotopic (exact) mass is 334 g/mol. The number of hydrogen-bond donors (Lipinski definition) is 4. The number of carbonyl (C=O) groups excluding carboxylic acids is 2. The van der Waals surface area contributed by atoms with E-state index in [0.29, 0.717) is 17.8 Å². The van der Waals surface area contributed by atoms with Gasteiger partial charge in [-0.25, -0.2) is 4.79 Å². The number of hydrogen-bond acceptors (Lipinski definition) is 3. The summed E-state index contributed by atoms with van der Waals surface area (Å²) in [4.78, 5) is 24.2. The van der Waals surface area contributed by atoms with E-state index in [0.717, 1.165) is 25.1 Å². The first-order valence-corrected chi connectivity index (χ1v) is 8.41. The molecular formula is C18H30N4O2. The summed E-state index contributed by atoms with van der Waals surface area (Å²) in [6, 6.07) is 5.01. The van der Waals surface area contributed by atoms with E-state index in [-0.39, 0.29) is 17.5 Å². The average molecular weight is 334 g/mol. The van der Waals surface area contributed by atoms with Crippen molar-refractivity contribution in [3.8, 4) is 0 Å². The number of nitrogens with one attached hydrogen (secondary N) is 4. The molecule has 0 aliphatic rings. The van der Waals surface area contributed by atoms with Gasteiger partial charge in [-0.3, -0.25) is 4.79 Å². The maximum Gasteiger partial charge on any atom is 0.319 e. The molecule has 1 aromatic rings. The van der Waals surface area contributed by atoms with Crippen molar-refractivity contribution < 1.29 is 9.59 Å². The molecule has 0 spiro atoms. The molecule has 0 saturated carbocycles. The van der Waals surface area contributed by atoms with Crippen LogP contribution >= 0.6 is 0 Å². The third-order valence-electron chi connectivity index (χ3n) is 3.25. The zero-order valence-corrected chi connectivity index (χ0v) is 15.4. The normalized spacial score (nSPS) is 11.0. The lowest BCUT2D eigenvalue weighted by Gasteiger charge is -2.21. The van der Waals surface area contributed by atoms with Gasteiger partial charge < -0.3 is 21.3 Å². The van der Waals surface area contributed by atoms with Crippen LogP contribution in [0.1, 0.15) is 50.0 Å². The average Bonchev–Trinajstić information content (AvgIpc) is 2.47. The topological polar surface area (TPSA) is 82.3 Å². The van der Waals surface area contributed by atoms with Crippen LogP contribution in [0.2, 0.25) is 0 Å². The molecule has 6 heteroatoms. The second-order valence-electron chi connectivity index (χ2n) is 6.86. The Bertz CT molecular complexity index is 565. The van der Waals surface area contributed by atoms with E-state index >= 15 is 0 Å². The largest absolute Gasteiger partial charge is 0.351 e. The van der Waals surface area contributed by atoms with Crippen LogP contribution in [0.3, 0.4) is 0 Å². The summed E-state index contributed by atoms with van der Waals surface area (Å²) in [5, 5.41) is 11.7. The molecule has 0 saturated heterocycles. The van der Waals surface area contributed by atoms with Crippen molar-refractivity contribution in [1.82, 2.24) is 16.0 Å². The minimum atomic E-state index is -0.321. The van der Waals surface area contributed by atoms with Crippen LogP contribution in [0.4, 0.5) is 10.5 Å². The van der Waals surface area contributed by atoms with Gasteiger partial charge >= 0.3 is 6.03 Å². The van der Waals surface area contributed by atoms with Crippen LogP contribution in [0.5, 0.6) is 0 Å². The molecule has 6 nitrogen and oxygen atoms in total. The van der Waals surface area contributed by atoms with Crippen LogP contribution in [0, 0.1) is 6.92 Å². The standard InChI is InChI=1S/C18H30N4O2/c1-6-9-19-10-11-20-16(23)14-8-7-13(2)15(12-14)21-17(24)22-18(3,4)5/h7-8,12,19H,6,9-11H2,1-5H3,(H,20,23)(H2,21,22,24). The van der Waals surface area contributed by atoms with Gasteiger partial charge in [-0.15, -0.1) is 0 Å². The zero-order valence-electron chi connectivity index (χ0n) is 15.4. The van der Waals surface area contributed by atoms with Gasteiger partial charge in [0.15, 0.2) is 0 Å². The zero-order chi connectivity index (χ0) is 18.2. The Hall–Kier alpha value is -2.08. The second kappa shape index (κ2) is 9.27. The highest BCUT2D eigenvalue weighted by molar-refractivity contribution is 5.97. The van der Waals surface area contributed by atoms with E-state index in [4.69, 9.17) is 0 Å². The van der Waals surface area contributed by atoms with Gasteiger partial charge in [0.2, 0.25) is 0 Å². The number of benzene rings is 1. The van der Waals surface area contributed by atoms with E-state index in [2.05, 4.69) is 28.2 Å². The third-order valence-corrected chi connectivity index (χ3v) is 3.25. The Kier molecular flexibility index (Phi) is 7.71. The first-order valence-electron chi connectivity index (χ1n) is 8.41. The van der Waals surface area contributed by atoms with Crippen LogP contribution in [0.25, 0.3) is 0 Å². The highest BCUT2D eigenvalue weighted by atomic mass is 16.2. The molecule has 0 bridgehead atoms. The molecule has 3 amide bonds. The molecule has 0 aliphatic heterocycles. The third kappa shape index (κ3) is 7.46. The van der Waals surface area contributed by atoms with Crippen molar-refractivity contribution in [2.75, 3.05) is 25.0 Å². The molecule has 24 heavy (non-hydrogen) atoms. The Balaban J connectivity index is 2.65. The van der Waals surface area contributed by atoms with Gasteiger partial charge in [0.1, 0.15) is 0 Å². The minimum absolute atomic E-state index is 0.146. The fourth-order valence-electron chi connectivity index (χ4n) is 2.06. The number of carbonyl (C=O) groups is 2. The minimum Gasteiger partial charge on any atom is -0.351 e. The Morgan fingerprint density at radius 3 is 2.42 bits per heavy atom. The van der Waals surface area contributed by atoms with Crippen LogP contribution < -0.4 is 21.3 Å². The molecule has 1 aromatic carbocycles. The fourth-order valence-corrected chi connectivity index (χ4v) is 2.06. The second-order valence-corrected chi connectivity index (χ2v) is 6.86. The highest BCUT2D eigenvalue weighted by Gasteiger charge is 2.15. The first-order chi connectivity index (χ1) is 11.2. The number of urea groups is 1. The number of amides is 3. The molecule has 0 atom stereocenters. The van der Waals surface area contributed by atoms with E-state index in [1.807, 2.05) is 33.8 Å². The van der Waals surface area contributed by atoms with Crippen LogP contribution in [-0.4, -0.2) is 37.1 Å². The van der Waals surface area contributed by atoms with E-state index < -0.39 is 0 Å². The number of aryl methyl sites for hydroxylation is 1. The van der Waals surface area contributed by atoms with Gasteiger partial charge in [0.25, 0.3) is 5.91 Å². The summed E-state index contributed by atoms with van der Waals surface area (Å²) in [6.45, 7) is 12.0. The number of rotatable bonds is 7. The van der Waals surface area contributed by atoms with Crippen molar-refractivity contribution >= 4 is 17.6 Å².